The van der Waals surface area contributed by atoms with Gasteiger partial charge in [-0.1, -0.05) is 11.2 Å². The lowest BCUT2D eigenvalue weighted by molar-refractivity contribution is 0.00403. The number of piperidine rings is 1. The molecule has 8 nitrogen and oxygen atoms in total. The van der Waals surface area contributed by atoms with Crippen LogP contribution in [0.5, 0.6) is 0 Å². The van der Waals surface area contributed by atoms with Gasteiger partial charge in [-0.05, 0) is 63.1 Å². The number of carbonyl (C=O) groups excluding carboxylic acids is 2. The van der Waals surface area contributed by atoms with E-state index < -0.39 is 6.03 Å². The van der Waals surface area contributed by atoms with Gasteiger partial charge in [-0.2, -0.15) is 0 Å². The standard InChI is InChI=1S/C22H31FN4O4/c1-14(2)30-22(29)27-11-9-18(10-12-27)31-26-16-5-3-15(4-6-16)19-8-7-17(13-20(19)23)25-21(24)28/h7-8,13-15,18H,3-6,9-12H2,1-2H3,(H3,24,25,28). The maximum absolute atomic E-state index is 14.4. The van der Waals surface area contributed by atoms with Crippen LogP contribution in [0.15, 0.2) is 23.4 Å². The molecule has 2 fully saturated rings. The van der Waals surface area contributed by atoms with Crippen LogP contribution in [0.3, 0.4) is 0 Å². The molecular weight excluding hydrogens is 403 g/mol. The van der Waals surface area contributed by atoms with Crippen LogP contribution >= 0.6 is 0 Å². The quantitative estimate of drug-likeness (QED) is 0.672. The first-order chi connectivity index (χ1) is 14.8. The van der Waals surface area contributed by atoms with Crippen LogP contribution in [-0.4, -0.2) is 48.0 Å². The maximum Gasteiger partial charge on any atom is 0.410 e. The average molecular weight is 435 g/mol. The SMILES string of the molecule is CC(C)OC(=O)N1CCC(ON=C2CCC(c3ccc(NC(N)=O)cc3F)CC2)CC1. The van der Waals surface area contributed by atoms with E-state index in [-0.39, 0.29) is 30.0 Å². The average Bonchev–Trinajstić information content (AvgIpc) is 2.72. The van der Waals surface area contributed by atoms with Gasteiger partial charge in [0.05, 0.1) is 11.8 Å². The Labute approximate surface area is 181 Å². The van der Waals surface area contributed by atoms with E-state index in [1.165, 1.54) is 6.07 Å². The molecule has 1 aliphatic heterocycles. The minimum absolute atomic E-state index is 0.00364. The lowest BCUT2D eigenvalue weighted by Gasteiger charge is -2.31. The van der Waals surface area contributed by atoms with Gasteiger partial charge < -0.3 is 25.5 Å². The summed E-state index contributed by atoms with van der Waals surface area (Å²) in [6, 6.07) is 3.96. The minimum Gasteiger partial charge on any atom is -0.447 e. The first-order valence-corrected chi connectivity index (χ1v) is 10.8. The van der Waals surface area contributed by atoms with Crippen molar-refractivity contribution in [2.45, 2.75) is 70.5 Å². The Balaban J connectivity index is 1.44. The van der Waals surface area contributed by atoms with E-state index in [0.717, 1.165) is 44.2 Å². The van der Waals surface area contributed by atoms with Crippen LogP contribution in [-0.2, 0) is 9.57 Å². The third-order valence-corrected chi connectivity index (χ3v) is 5.64. The van der Waals surface area contributed by atoms with Gasteiger partial charge in [-0.3, -0.25) is 0 Å². The number of nitrogens with two attached hydrogens (primary N) is 1. The van der Waals surface area contributed by atoms with Gasteiger partial charge >= 0.3 is 12.1 Å². The molecule has 3 amide bonds. The molecule has 3 N–H and O–H groups in total. The third kappa shape index (κ3) is 6.57. The van der Waals surface area contributed by atoms with Crippen LogP contribution in [0, 0.1) is 5.82 Å². The van der Waals surface area contributed by atoms with Crippen molar-refractivity contribution in [3.8, 4) is 0 Å². The van der Waals surface area contributed by atoms with Crippen LogP contribution in [0.25, 0.3) is 0 Å². The minimum atomic E-state index is -0.716. The Kier molecular flexibility index (Phi) is 7.70. The third-order valence-electron chi connectivity index (χ3n) is 5.64. The highest BCUT2D eigenvalue weighted by atomic mass is 19.1. The molecule has 0 aromatic heterocycles. The van der Waals surface area contributed by atoms with Crippen molar-refractivity contribution in [3.05, 3.63) is 29.6 Å². The normalized spacial score (nSPS) is 19.8. The van der Waals surface area contributed by atoms with Crippen molar-refractivity contribution in [2.24, 2.45) is 10.9 Å². The van der Waals surface area contributed by atoms with Gasteiger partial charge in [0.1, 0.15) is 11.9 Å². The first-order valence-electron chi connectivity index (χ1n) is 10.8. The van der Waals surface area contributed by atoms with Crippen LogP contribution in [0.4, 0.5) is 19.7 Å². The zero-order chi connectivity index (χ0) is 22.4. The summed E-state index contributed by atoms with van der Waals surface area (Å²) in [6.07, 6.45) is 4.15. The second-order valence-electron chi connectivity index (χ2n) is 8.38. The Bertz CT molecular complexity index is 812. The summed E-state index contributed by atoms with van der Waals surface area (Å²) in [6.45, 7) is 4.87. The van der Waals surface area contributed by atoms with Crippen molar-refractivity contribution < 1.29 is 23.6 Å². The second kappa shape index (κ2) is 10.5. The van der Waals surface area contributed by atoms with Gasteiger partial charge in [-0.15, -0.1) is 0 Å². The van der Waals surface area contributed by atoms with E-state index in [1.807, 2.05) is 13.8 Å². The van der Waals surface area contributed by atoms with Gasteiger partial charge in [0.25, 0.3) is 0 Å². The zero-order valence-corrected chi connectivity index (χ0v) is 18.1. The summed E-state index contributed by atoms with van der Waals surface area (Å²) in [5.74, 6) is -0.229. The molecule has 1 saturated carbocycles. The monoisotopic (exact) mass is 434 g/mol. The summed E-state index contributed by atoms with van der Waals surface area (Å²) >= 11 is 0. The van der Waals surface area contributed by atoms with Gasteiger partial charge in [0, 0.05) is 31.6 Å². The lowest BCUT2D eigenvalue weighted by Crippen LogP contribution is -2.41. The number of rotatable bonds is 5. The number of benzene rings is 1. The molecule has 31 heavy (non-hydrogen) atoms. The number of oxime groups is 1. The van der Waals surface area contributed by atoms with Crippen molar-refractivity contribution in [1.29, 1.82) is 0 Å². The number of ether oxygens (including phenoxy) is 1. The molecule has 1 aromatic rings. The van der Waals surface area contributed by atoms with Gasteiger partial charge in [-0.25, -0.2) is 14.0 Å². The second-order valence-corrected chi connectivity index (χ2v) is 8.38. The summed E-state index contributed by atoms with van der Waals surface area (Å²) in [7, 11) is 0. The van der Waals surface area contributed by atoms with E-state index in [0.29, 0.717) is 24.3 Å². The zero-order valence-electron chi connectivity index (χ0n) is 18.1. The number of urea groups is 1. The van der Waals surface area contributed by atoms with Gasteiger partial charge in [0.15, 0.2) is 0 Å². The predicted octanol–water partition coefficient (Wildman–Crippen LogP) is 4.36. The summed E-state index contributed by atoms with van der Waals surface area (Å²) in [4.78, 5) is 30.3. The Hall–Kier alpha value is -2.84. The molecular formula is C22H31FN4O4. The van der Waals surface area contributed by atoms with E-state index in [9.17, 15) is 14.0 Å². The molecule has 1 aromatic carbocycles. The topological polar surface area (TPSA) is 106 Å². The molecule has 9 heteroatoms. The molecule has 0 spiro atoms. The van der Waals surface area contributed by atoms with Crippen molar-refractivity contribution in [2.75, 3.05) is 18.4 Å². The number of primary amides is 1. The fourth-order valence-electron chi connectivity index (χ4n) is 4.00. The number of hydrogen-bond acceptors (Lipinski definition) is 5. The predicted molar refractivity (Wildman–Crippen MR) is 116 cm³/mol. The molecule has 0 unspecified atom stereocenters. The Morgan fingerprint density at radius 2 is 1.87 bits per heavy atom. The maximum atomic E-state index is 14.4. The number of likely N-dealkylation sites (tertiary alicyclic amines) is 1. The number of halogens is 1. The van der Waals surface area contributed by atoms with Crippen molar-refractivity contribution >= 4 is 23.5 Å². The highest BCUT2D eigenvalue weighted by Gasteiger charge is 2.26. The molecule has 0 atom stereocenters. The Morgan fingerprint density at radius 3 is 2.45 bits per heavy atom. The number of hydrogen-bond donors (Lipinski definition) is 2. The van der Waals surface area contributed by atoms with Crippen LogP contribution < -0.4 is 11.1 Å². The highest BCUT2D eigenvalue weighted by Crippen LogP contribution is 2.34. The van der Waals surface area contributed by atoms with Crippen molar-refractivity contribution in [1.82, 2.24) is 4.90 Å². The lowest BCUT2D eigenvalue weighted by atomic mass is 9.83. The van der Waals surface area contributed by atoms with Crippen LogP contribution in [0.1, 0.15) is 63.9 Å². The van der Waals surface area contributed by atoms with E-state index in [4.69, 9.17) is 15.3 Å². The molecule has 170 valence electrons. The van der Waals surface area contributed by atoms with E-state index >= 15 is 0 Å². The molecule has 1 aliphatic carbocycles. The molecule has 3 rings (SSSR count). The largest absolute Gasteiger partial charge is 0.447 e. The number of nitrogens with one attached hydrogen (secondary N) is 1. The number of nitrogens with zero attached hydrogens (tertiary/aromatic N) is 2. The number of carbonyl (C=O) groups is 2. The number of anilines is 1. The van der Waals surface area contributed by atoms with E-state index in [1.54, 1.807) is 17.0 Å². The molecule has 0 bridgehead atoms. The summed E-state index contributed by atoms with van der Waals surface area (Å²) in [5.41, 5.74) is 7.06. The fraction of sp³-hybridized carbons (Fsp3) is 0.591. The summed E-state index contributed by atoms with van der Waals surface area (Å²) in [5, 5.41) is 6.73. The highest BCUT2D eigenvalue weighted by molar-refractivity contribution is 5.87. The first kappa shape index (κ1) is 22.8. The van der Waals surface area contributed by atoms with E-state index in [2.05, 4.69) is 10.5 Å². The van der Waals surface area contributed by atoms with Crippen LogP contribution in [0.2, 0.25) is 0 Å². The molecule has 2 aliphatic rings. The molecule has 1 saturated heterocycles. The summed E-state index contributed by atoms with van der Waals surface area (Å²) < 4.78 is 19.7. The van der Waals surface area contributed by atoms with Crippen molar-refractivity contribution in [3.63, 3.8) is 0 Å². The number of amides is 3. The Morgan fingerprint density at radius 1 is 1.19 bits per heavy atom. The molecule has 0 radical (unpaired) electrons. The van der Waals surface area contributed by atoms with Gasteiger partial charge in [0.2, 0.25) is 0 Å². The smallest absolute Gasteiger partial charge is 0.410 e. The molecule has 1 heterocycles. The fourth-order valence-corrected chi connectivity index (χ4v) is 4.00.